The molecule has 35 heavy (non-hydrogen) atoms. The van der Waals surface area contributed by atoms with E-state index in [4.69, 9.17) is 0 Å². The number of alkyl halides is 3. The van der Waals surface area contributed by atoms with E-state index < -0.39 is 21.8 Å². The molecule has 0 bridgehead atoms. The predicted octanol–water partition coefficient (Wildman–Crippen LogP) is 5.69. The van der Waals surface area contributed by atoms with Crippen molar-refractivity contribution in [3.05, 3.63) is 65.7 Å². The van der Waals surface area contributed by atoms with Crippen molar-refractivity contribution in [3.63, 3.8) is 0 Å². The average molecular weight is 509 g/mol. The summed E-state index contributed by atoms with van der Waals surface area (Å²) in [6.07, 6.45) is 1.68. The molecule has 1 N–H and O–H groups in total. The van der Waals surface area contributed by atoms with E-state index in [9.17, 15) is 26.4 Å². The molecular weight excluding hydrogens is 477 g/mol. The molecule has 1 amide bonds. The number of carbonyl (C=O) groups excluding carboxylic acids is 1. The van der Waals surface area contributed by atoms with Gasteiger partial charge in [-0.05, 0) is 80.7 Å². The van der Waals surface area contributed by atoms with Crippen molar-refractivity contribution in [2.24, 2.45) is 5.92 Å². The van der Waals surface area contributed by atoms with Gasteiger partial charge in [-0.2, -0.15) is 13.2 Å². The van der Waals surface area contributed by atoms with Crippen molar-refractivity contribution in [1.29, 1.82) is 0 Å². The molecule has 1 saturated carbocycles. The van der Waals surface area contributed by atoms with Crippen LogP contribution in [0.25, 0.3) is 0 Å². The molecule has 190 valence electrons. The van der Waals surface area contributed by atoms with E-state index in [0.717, 1.165) is 62.9 Å². The number of carbonyl (C=O) groups is 1. The van der Waals surface area contributed by atoms with Gasteiger partial charge < -0.3 is 4.90 Å². The number of nitrogens with one attached hydrogen (secondary N) is 1. The third kappa shape index (κ3) is 6.44. The van der Waals surface area contributed by atoms with E-state index >= 15 is 0 Å². The van der Waals surface area contributed by atoms with Crippen LogP contribution in [-0.4, -0.2) is 31.8 Å². The lowest BCUT2D eigenvalue weighted by Gasteiger charge is -2.37. The number of sulfonamides is 1. The summed E-state index contributed by atoms with van der Waals surface area (Å²) in [6.45, 7) is 0.765. The van der Waals surface area contributed by atoms with E-state index in [1.165, 1.54) is 5.56 Å². The van der Waals surface area contributed by atoms with Crippen LogP contribution in [0.15, 0.2) is 59.5 Å². The fraction of sp³-hybridized carbons (Fsp3) is 0.500. The Morgan fingerprint density at radius 1 is 0.914 bits per heavy atom. The zero-order chi connectivity index (χ0) is 25.1. The number of likely N-dealkylation sites (tertiary alicyclic amines) is 1. The summed E-state index contributed by atoms with van der Waals surface area (Å²) in [5.41, 5.74) is 0.284. The van der Waals surface area contributed by atoms with Crippen LogP contribution in [0.4, 0.5) is 13.2 Å². The Labute approximate surface area is 204 Å². The molecule has 2 aromatic rings. The van der Waals surface area contributed by atoms with Crippen molar-refractivity contribution < 1.29 is 26.4 Å². The van der Waals surface area contributed by atoms with Gasteiger partial charge in [-0.25, -0.2) is 13.1 Å². The van der Waals surface area contributed by atoms with Crippen LogP contribution in [0.1, 0.15) is 68.5 Å². The third-order valence-corrected chi connectivity index (χ3v) is 8.67. The SMILES string of the molecule is O=C(CC1CCC(NS(=O)(=O)c2ccc(C(F)(F)F)cc2)CC1)N1CCCCC1c1ccccc1. The largest absolute Gasteiger partial charge is 0.416 e. The lowest BCUT2D eigenvalue weighted by molar-refractivity contribution is -0.138. The van der Waals surface area contributed by atoms with Gasteiger partial charge in [0.15, 0.2) is 0 Å². The summed E-state index contributed by atoms with van der Waals surface area (Å²) in [7, 11) is -3.91. The van der Waals surface area contributed by atoms with Crippen molar-refractivity contribution in [3.8, 4) is 0 Å². The second kappa shape index (κ2) is 10.7. The van der Waals surface area contributed by atoms with Gasteiger partial charge in [-0.15, -0.1) is 0 Å². The summed E-state index contributed by atoms with van der Waals surface area (Å²) in [5.74, 6) is 0.361. The topological polar surface area (TPSA) is 66.5 Å². The number of hydrogen-bond acceptors (Lipinski definition) is 3. The van der Waals surface area contributed by atoms with Gasteiger partial charge in [0.05, 0.1) is 16.5 Å². The predicted molar refractivity (Wildman–Crippen MR) is 127 cm³/mol. The maximum atomic E-state index is 13.2. The van der Waals surface area contributed by atoms with Gasteiger partial charge in [0.1, 0.15) is 0 Å². The van der Waals surface area contributed by atoms with Crippen molar-refractivity contribution in [2.45, 2.75) is 74.5 Å². The summed E-state index contributed by atoms with van der Waals surface area (Å²) in [4.78, 5) is 15.0. The van der Waals surface area contributed by atoms with Crippen LogP contribution in [0.3, 0.4) is 0 Å². The van der Waals surface area contributed by atoms with Crippen LogP contribution < -0.4 is 4.72 Å². The maximum Gasteiger partial charge on any atom is 0.416 e. The fourth-order valence-corrected chi connectivity index (χ4v) is 6.52. The molecule has 0 radical (unpaired) electrons. The second-order valence-corrected chi connectivity index (χ2v) is 11.3. The van der Waals surface area contributed by atoms with Crippen LogP contribution in [-0.2, 0) is 21.0 Å². The monoisotopic (exact) mass is 508 g/mol. The van der Waals surface area contributed by atoms with Crippen LogP contribution >= 0.6 is 0 Å². The first-order chi connectivity index (χ1) is 16.6. The number of rotatable bonds is 6. The first-order valence-electron chi connectivity index (χ1n) is 12.2. The second-order valence-electron chi connectivity index (χ2n) is 9.57. The minimum absolute atomic E-state index is 0.115. The van der Waals surface area contributed by atoms with E-state index in [0.29, 0.717) is 19.3 Å². The molecule has 2 fully saturated rings. The molecule has 1 saturated heterocycles. The molecule has 1 aliphatic heterocycles. The molecular formula is C26H31F3N2O3S. The van der Waals surface area contributed by atoms with Gasteiger partial charge in [-0.3, -0.25) is 4.79 Å². The van der Waals surface area contributed by atoms with Crippen molar-refractivity contribution in [1.82, 2.24) is 9.62 Å². The molecule has 1 heterocycles. The Morgan fingerprint density at radius 3 is 2.20 bits per heavy atom. The van der Waals surface area contributed by atoms with E-state index in [1.54, 1.807) is 0 Å². The minimum Gasteiger partial charge on any atom is -0.336 e. The Morgan fingerprint density at radius 2 is 1.57 bits per heavy atom. The van der Waals surface area contributed by atoms with E-state index in [-0.39, 0.29) is 28.8 Å². The van der Waals surface area contributed by atoms with Gasteiger partial charge >= 0.3 is 6.18 Å². The number of piperidine rings is 1. The lowest BCUT2D eigenvalue weighted by atomic mass is 9.83. The van der Waals surface area contributed by atoms with Crippen LogP contribution in [0, 0.1) is 5.92 Å². The van der Waals surface area contributed by atoms with Crippen molar-refractivity contribution in [2.75, 3.05) is 6.54 Å². The summed E-state index contributed by atoms with van der Waals surface area (Å²) in [5, 5.41) is 0. The molecule has 1 unspecified atom stereocenters. The Kier molecular flexibility index (Phi) is 7.86. The summed E-state index contributed by atoms with van der Waals surface area (Å²) < 4.78 is 66.2. The van der Waals surface area contributed by atoms with Crippen LogP contribution in [0.2, 0.25) is 0 Å². The smallest absolute Gasteiger partial charge is 0.336 e. The normalized spacial score (nSPS) is 23.7. The molecule has 0 spiro atoms. The van der Waals surface area contributed by atoms with Gasteiger partial charge in [0.2, 0.25) is 15.9 Å². The highest BCUT2D eigenvalue weighted by atomic mass is 32.2. The molecule has 2 aromatic carbocycles. The number of amides is 1. The molecule has 0 aromatic heterocycles. The Balaban J connectivity index is 1.30. The molecule has 1 atom stereocenters. The summed E-state index contributed by atoms with van der Waals surface area (Å²) in [6, 6.07) is 13.5. The number of hydrogen-bond donors (Lipinski definition) is 1. The van der Waals surface area contributed by atoms with Gasteiger partial charge in [0.25, 0.3) is 0 Å². The number of benzene rings is 2. The molecule has 2 aliphatic rings. The first kappa shape index (κ1) is 25.7. The maximum absolute atomic E-state index is 13.2. The van der Waals surface area contributed by atoms with E-state index in [1.807, 2.05) is 23.1 Å². The quantitative estimate of drug-likeness (QED) is 0.546. The zero-order valence-electron chi connectivity index (χ0n) is 19.5. The molecule has 9 heteroatoms. The Hall–Kier alpha value is -2.39. The molecule has 4 rings (SSSR count). The summed E-state index contributed by atoms with van der Waals surface area (Å²) >= 11 is 0. The standard InChI is InChI=1S/C26H31F3N2O3S/c27-26(28,29)21-11-15-23(16-12-21)35(33,34)30-22-13-9-19(10-14-22)18-25(32)31-17-5-4-8-24(31)20-6-2-1-3-7-20/h1-3,6-7,11-12,15-16,19,22,24,30H,4-5,8-10,13-14,17-18H2. The first-order valence-corrected chi connectivity index (χ1v) is 13.7. The highest BCUT2D eigenvalue weighted by molar-refractivity contribution is 7.89. The van der Waals surface area contributed by atoms with Gasteiger partial charge in [0, 0.05) is 19.0 Å². The molecule has 5 nitrogen and oxygen atoms in total. The highest BCUT2D eigenvalue weighted by Gasteiger charge is 2.33. The zero-order valence-corrected chi connectivity index (χ0v) is 20.3. The molecule has 1 aliphatic carbocycles. The lowest BCUT2D eigenvalue weighted by Crippen LogP contribution is -2.41. The average Bonchev–Trinajstić information content (AvgIpc) is 2.85. The number of nitrogens with zero attached hydrogens (tertiary/aromatic N) is 1. The van der Waals surface area contributed by atoms with Crippen molar-refractivity contribution >= 4 is 15.9 Å². The van der Waals surface area contributed by atoms with E-state index in [2.05, 4.69) is 16.9 Å². The highest BCUT2D eigenvalue weighted by Crippen LogP contribution is 2.34. The van der Waals surface area contributed by atoms with Crippen LogP contribution in [0.5, 0.6) is 0 Å². The number of halogens is 3. The third-order valence-electron chi connectivity index (χ3n) is 7.13. The fourth-order valence-electron chi connectivity index (χ4n) is 5.21. The minimum atomic E-state index is -4.51. The Bertz CT molecular complexity index is 1100. The van der Waals surface area contributed by atoms with Gasteiger partial charge in [-0.1, -0.05) is 30.3 Å².